The van der Waals surface area contributed by atoms with Gasteiger partial charge < -0.3 is 24.5 Å². The van der Waals surface area contributed by atoms with Crippen molar-refractivity contribution in [3.8, 4) is 11.4 Å². The predicted molar refractivity (Wildman–Crippen MR) is 118 cm³/mol. The van der Waals surface area contributed by atoms with E-state index in [0.717, 1.165) is 22.4 Å². The summed E-state index contributed by atoms with van der Waals surface area (Å²) in [6, 6.07) is 14.8. The van der Waals surface area contributed by atoms with Crippen LogP contribution in [0.4, 0.5) is 0 Å². The van der Waals surface area contributed by atoms with Crippen LogP contribution in [0.5, 0.6) is 5.75 Å². The molecule has 0 spiro atoms. The van der Waals surface area contributed by atoms with E-state index < -0.39 is 13.1 Å². The first-order chi connectivity index (χ1) is 15.5. The highest BCUT2D eigenvalue weighted by molar-refractivity contribution is 6.43. The Hall–Kier alpha value is -3.63. The van der Waals surface area contributed by atoms with Crippen molar-refractivity contribution in [2.75, 3.05) is 7.11 Å². The summed E-state index contributed by atoms with van der Waals surface area (Å²) >= 11 is 0. The van der Waals surface area contributed by atoms with Gasteiger partial charge in [0.2, 0.25) is 5.91 Å². The number of hydrogen-bond donors (Lipinski definition) is 3. The van der Waals surface area contributed by atoms with Gasteiger partial charge in [0.15, 0.2) is 0 Å². The van der Waals surface area contributed by atoms with Crippen LogP contribution >= 0.6 is 0 Å². The molecule has 0 saturated carbocycles. The molecule has 164 valence electrons. The highest BCUT2D eigenvalue weighted by Gasteiger charge is 2.27. The number of para-hydroxylation sites is 1. The molecule has 1 atom stereocenters. The number of nitrogens with zero attached hydrogens (tertiary/aromatic N) is 3. The van der Waals surface area contributed by atoms with Gasteiger partial charge in [-0.1, -0.05) is 23.4 Å². The number of amides is 1. The fraction of sp³-hybridized carbons (Fsp3) is 0.227. The van der Waals surface area contributed by atoms with Gasteiger partial charge >= 0.3 is 7.12 Å². The Kier molecular flexibility index (Phi) is 6.53. The normalized spacial score (nSPS) is 12.0. The first kappa shape index (κ1) is 21.6. The number of methoxy groups -OCH3 is 1. The number of aryl methyl sites for hydroxylation is 1. The van der Waals surface area contributed by atoms with Gasteiger partial charge in [-0.15, -0.1) is 5.10 Å². The summed E-state index contributed by atoms with van der Waals surface area (Å²) in [7, 11) is -0.103. The van der Waals surface area contributed by atoms with E-state index in [1.54, 1.807) is 24.3 Å². The molecular weight excluding hydrogens is 411 g/mol. The van der Waals surface area contributed by atoms with Crippen molar-refractivity contribution in [1.29, 1.82) is 0 Å². The van der Waals surface area contributed by atoms with Crippen LogP contribution in [0.2, 0.25) is 0 Å². The monoisotopic (exact) mass is 434 g/mol. The van der Waals surface area contributed by atoms with E-state index in [0.29, 0.717) is 17.7 Å². The Labute approximate surface area is 184 Å². The summed E-state index contributed by atoms with van der Waals surface area (Å²) < 4.78 is 12.3. The minimum Gasteiger partial charge on any atom is -0.497 e. The van der Waals surface area contributed by atoms with Gasteiger partial charge in [0.1, 0.15) is 11.3 Å². The summed E-state index contributed by atoms with van der Waals surface area (Å²) in [6.07, 6.45) is 4.06. The second-order valence-corrected chi connectivity index (χ2v) is 7.40. The first-order valence-corrected chi connectivity index (χ1v) is 10.2. The van der Waals surface area contributed by atoms with Crippen molar-refractivity contribution < 1.29 is 24.0 Å². The smallest absolute Gasteiger partial charge is 0.475 e. The van der Waals surface area contributed by atoms with Crippen molar-refractivity contribution in [2.45, 2.75) is 25.2 Å². The summed E-state index contributed by atoms with van der Waals surface area (Å²) in [5.41, 5.74) is 2.98. The van der Waals surface area contributed by atoms with Crippen molar-refractivity contribution in [2.24, 2.45) is 0 Å². The Morgan fingerprint density at radius 3 is 2.75 bits per heavy atom. The molecule has 0 radical (unpaired) electrons. The third-order valence-corrected chi connectivity index (χ3v) is 5.19. The Balaban J connectivity index is 1.34. The average molecular weight is 434 g/mol. The minimum absolute atomic E-state index is 0.136. The van der Waals surface area contributed by atoms with Crippen LogP contribution in [0, 0.1) is 0 Å². The molecule has 4 aromatic rings. The molecule has 0 fully saturated rings. The van der Waals surface area contributed by atoms with Gasteiger partial charge in [-0.3, -0.25) is 4.79 Å². The molecule has 9 nitrogen and oxygen atoms in total. The zero-order chi connectivity index (χ0) is 22.5. The molecule has 1 amide bonds. The molecule has 2 aromatic heterocycles. The number of aromatic nitrogens is 3. The number of carbonyl (C=O) groups excluding carboxylic acids is 1. The summed E-state index contributed by atoms with van der Waals surface area (Å²) in [5.74, 6) is -0.428. The van der Waals surface area contributed by atoms with E-state index in [9.17, 15) is 14.8 Å². The van der Waals surface area contributed by atoms with E-state index in [2.05, 4.69) is 15.6 Å². The molecular formula is C22H23BN4O5. The average Bonchev–Trinajstić information content (AvgIpc) is 3.45. The maximum Gasteiger partial charge on any atom is 0.475 e. The molecule has 0 aliphatic rings. The van der Waals surface area contributed by atoms with Gasteiger partial charge in [0, 0.05) is 18.2 Å². The van der Waals surface area contributed by atoms with E-state index in [4.69, 9.17) is 9.15 Å². The van der Waals surface area contributed by atoms with Crippen LogP contribution in [0.1, 0.15) is 17.7 Å². The number of rotatable bonds is 9. The van der Waals surface area contributed by atoms with E-state index in [1.165, 1.54) is 0 Å². The largest absolute Gasteiger partial charge is 0.497 e. The molecule has 0 aliphatic carbocycles. The quantitative estimate of drug-likeness (QED) is 0.343. The van der Waals surface area contributed by atoms with Crippen LogP contribution in [-0.2, 0) is 17.6 Å². The number of ether oxygens (including phenoxy) is 1. The zero-order valence-corrected chi connectivity index (χ0v) is 17.5. The molecule has 2 aromatic carbocycles. The molecule has 32 heavy (non-hydrogen) atoms. The molecule has 3 N–H and O–H groups in total. The molecule has 10 heteroatoms. The number of furan rings is 1. The molecule has 0 unspecified atom stereocenters. The van der Waals surface area contributed by atoms with Crippen LogP contribution in [0.25, 0.3) is 16.7 Å². The Bertz CT molecular complexity index is 1190. The summed E-state index contributed by atoms with van der Waals surface area (Å²) in [5, 5.41) is 31.3. The lowest BCUT2D eigenvalue weighted by Crippen LogP contribution is -2.47. The summed E-state index contributed by atoms with van der Waals surface area (Å²) in [6.45, 7) is 0. The van der Waals surface area contributed by atoms with Gasteiger partial charge in [-0.05, 0) is 42.3 Å². The van der Waals surface area contributed by atoms with Crippen LogP contribution in [0.15, 0.2) is 65.4 Å². The number of nitrogens with one attached hydrogen (secondary N) is 1. The van der Waals surface area contributed by atoms with Crippen molar-refractivity contribution in [3.05, 3.63) is 72.2 Å². The fourth-order valence-corrected chi connectivity index (χ4v) is 3.45. The van der Waals surface area contributed by atoms with Crippen molar-refractivity contribution in [1.82, 2.24) is 20.3 Å². The van der Waals surface area contributed by atoms with Crippen molar-refractivity contribution >= 4 is 24.0 Å². The third kappa shape index (κ3) is 4.98. The second-order valence-electron chi connectivity index (χ2n) is 7.40. The number of benzene rings is 2. The van der Waals surface area contributed by atoms with Gasteiger partial charge in [0.05, 0.1) is 36.9 Å². The second kappa shape index (κ2) is 9.67. The highest BCUT2D eigenvalue weighted by Crippen LogP contribution is 2.22. The Morgan fingerprint density at radius 1 is 1.22 bits per heavy atom. The lowest BCUT2D eigenvalue weighted by molar-refractivity contribution is -0.121. The maximum atomic E-state index is 12.4. The van der Waals surface area contributed by atoms with E-state index >= 15 is 0 Å². The molecule has 4 rings (SSSR count). The minimum atomic E-state index is -1.71. The number of fused-ring (bicyclic) bond motifs is 1. The topological polar surface area (TPSA) is 123 Å². The molecule has 0 aliphatic heterocycles. The van der Waals surface area contributed by atoms with Crippen LogP contribution < -0.4 is 10.1 Å². The standard InChI is InChI=1S/C22H23BN4O5/c1-31-18-9-7-17(8-10-18)27-13-16(25-26-27)6-11-22(28)24-21(23(29)30)12-15-14-32-20-5-3-2-4-19(15)20/h2-5,7-10,13-14,21,29-30H,6,11-12H2,1H3,(H,24,28)/t21-/m0/s1. The van der Waals surface area contributed by atoms with Gasteiger partial charge in [-0.2, -0.15) is 0 Å². The fourth-order valence-electron chi connectivity index (χ4n) is 3.45. The summed E-state index contributed by atoms with van der Waals surface area (Å²) in [4.78, 5) is 12.4. The van der Waals surface area contributed by atoms with Crippen LogP contribution in [-0.4, -0.2) is 51.1 Å². The van der Waals surface area contributed by atoms with E-state index in [1.807, 2.05) is 48.5 Å². The highest BCUT2D eigenvalue weighted by atomic mass is 16.5. The van der Waals surface area contributed by atoms with E-state index in [-0.39, 0.29) is 18.7 Å². The molecule has 2 heterocycles. The predicted octanol–water partition coefficient (Wildman–Crippen LogP) is 1.69. The number of hydrogen-bond acceptors (Lipinski definition) is 7. The lowest BCUT2D eigenvalue weighted by Gasteiger charge is -2.17. The zero-order valence-electron chi connectivity index (χ0n) is 17.5. The van der Waals surface area contributed by atoms with Gasteiger partial charge in [-0.25, -0.2) is 4.68 Å². The van der Waals surface area contributed by atoms with Crippen LogP contribution in [0.3, 0.4) is 0 Å². The van der Waals surface area contributed by atoms with Crippen molar-refractivity contribution in [3.63, 3.8) is 0 Å². The Morgan fingerprint density at radius 2 is 2.00 bits per heavy atom. The van der Waals surface area contributed by atoms with Gasteiger partial charge in [0.25, 0.3) is 0 Å². The molecule has 0 saturated heterocycles. The first-order valence-electron chi connectivity index (χ1n) is 10.2. The maximum absolute atomic E-state index is 12.4. The number of carbonyl (C=O) groups is 1. The lowest BCUT2D eigenvalue weighted by atomic mass is 9.76. The SMILES string of the molecule is COc1ccc(-n2cc(CCC(=O)N[C@@H](Cc3coc4ccccc34)B(O)O)nn2)cc1. The molecule has 0 bridgehead atoms. The third-order valence-electron chi connectivity index (χ3n) is 5.19.